The molecule has 1 heterocycles. The normalized spacial score (nSPS) is 11.7. The molecule has 0 N–H and O–H groups in total. The van der Waals surface area contributed by atoms with Gasteiger partial charge in [0.1, 0.15) is 5.75 Å². The van der Waals surface area contributed by atoms with Crippen LogP contribution in [0.25, 0.3) is 22.2 Å². The molecule has 0 aliphatic carbocycles. The van der Waals surface area contributed by atoms with Crippen molar-refractivity contribution in [2.45, 2.75) is 19.4 Å². The van der Waals surface area contributed by atoms with Crippen molar-refractivity contribution >= 4 is 22.7 Å². The van der Waals surface area contributed by atoms with Gasteiger partial charge in [-0.15, -0.1) is 0 Å². The number of carbonyl (C=O) groups excluding carboxylic acids is 2. The molecule has 5 heteroatoms. The number of methoxy groups -OCH3 is 1. The zero-order chi connectivity index (χ0) is 22.5. The van der Waals surface area contributed by atoms with E-state index in [4.69, 9.17) is 14.5 Å². The second-order valence-electron chi connectivity index (χ2n) is 7.33. The van der Waals surface area contributed by atoms with Crippen LogP contribution in [0.4, 0.5) is 0 Å². The van der Waals surface area contributed by atoms with Crippen molar-refractivity contribution in [3.63, 3.8) is 0 Å². The molecule has 32 heavy (non-hydrogen) atoms. The van der Waals surface area contributed by atoms with Crippen LogP contribution in [0.1, 0.15) is 34.1 Å². The van der Waals surface area contributed by atoms with E-state index in [2.05, 4.69) is 0 Å². The number of carbonyl (C=O) groups is 2. The smallest absolute Gasteiger partial charge is 0.339 e. The highest BCUT2D eigenvalue weighted by Gasteiger charge is 2.24. The summed E-state index contributed by atoms with van der Waals surface area (Å²) in [5, 5.41) is 0.678. The lowest BCUT2D eigenvalue weighted by atomic mass is 10.0. The third kappa shape index (κ3) is 4.37. The lowest BCUT2D eigenvalue weighted by molar-refractivity contribution is 0.0279. The summed E-state index contributed by atoms with van der Waals surface area (Å²) in [6, 6.07) is 25.4. The van der Waals surface area contributed by atoms with Crippen LogP contribution in [0, 0.1) is 0 Å². The highest BCUT2D eigenvalue weighted by Crippen LogP contribution is 2.27. The molecule has 0 aliphatic heterocycles. The Morgan fingerprint density at radius 1 is 0.906 bits per heavy atom. The van der Waals surface area contributed by atoms with Gasteiger partial charge in [-0.25, -0.2) is 9.78 Å². The van der Waals surface area contributed by atoms with Gasteiger partial charge in [-0.05, 0) is 42.8 Å². The molecule has 0 amide bonds. The molecule has 3 aromatic carbocycles. The third-order valence-electron chi connectivity index (χ3n) is 5.29. The van der Waals surface area contributed by atoms with E-state index in [1.807, 2.05) is 61.5 Å². The Bertz CT molecular complexity index is 1250. The SMILES string of the molecule is CCC(OC(=O)c1cc(-c2ccc(OC)cc2)nc2ccccc12)C(=O)c1ccccc1. The van der Waals surface area contributed by atoms with Crippen molar-refractivity contribution in [1.82, 2.24) is 4.98 Å². The van der Waals surface area contributed by atoms with Gasteiger partial charge in [0.2, 0.25) is 5.78 Å². The first-order valence-corrected chi connectivity index (χ1v) is 10.4. The Morgan fingerprint density at radius 2 is 1.59 bits per heavy atom. The van der Waals surface area contributed by atoms with Gasteiger partial charge in [0.05, 0.1) is 23.9 Å². The molecule has 0 bridgehead atoms. The molecule has 0 saturated carbocycles. The summed E-state index contributed by atoms with van der Waals surface area (Å²) in [7, 11) is 1.61. The quantitative estimate of drug-likeness (QED) is 0.279. The van der Waals surface area contributed by atoms with Gasteiger partial charge in [-0.2, -0.15) is 0 Å². The monoisotopic (exact) mass is 425 g/mol. The summed E-state index contributed by atoms with van der Waals surface area (Å²) in [5.41, 5.74) is 3.06. The molecule has 0 radical (unpaired) electrons. The number of benzene rings is 3. The minimum absolute atomic E-state index is 0.213. The standard InChI is InChI=1S/C27H23NO4/c1-3-25(26(29)19-9-5-4-6-10-19)32-27(30)22-17-24(18-13-15-20(31-2)16-14-18)28-23-12-8-7-11-21(22)23/h4-17,25H,3H2,1-2H3. The van der Waals surface area contributed by atoms with Gasteiger partial charge < -0.3 is 9.47 Å². The van der Waals surface area contributed by atoms with E-state index >= 15 is 0 Å². The molecule has 1 atom stereocenters. The number of esters is 1. The van der Waals surface area contributed by atoms with Crippen LogP contribution in [0.15, 0.2) is 84.9 Å². The predicted octanol–water partition coefficient (Wildman–Crippen LogP) is 5.73. The van der Waals surface area contributed by atoms with Gasteiger partial charge in [-0.3, -0.25) is 4.79 Å². The van der Waals surface area contributed by atoms with Gasteiger partial charge in [0.25, 0.3) is 0 Å². The van der Waals surface area contributed by atoms with Crippen molar-refractivity contribution in [3.05, 3.63) is 96.1 Å². The summed E-state index contributed by atoms with van der Waals surface area (Å²) >= 11 is 0. The fourth-order valence-electron chi connectivity index (χ4n) is 3.56. The molecular formula is C27H23NO4. The fourth-order valence-corrected chi connectivity index (χ4v) is 3.56. The van der Waals surface area contributed by atoms with Gasteiger partial charge in [-0.1, -0.05) is 55.5 Å². The van der Waals surface area contributed by atoms with Crippen LogP contribution < -0.4 is 4.74 Å². The molecule has 5 nitrogen and oxygen atoms in total. The molecule has 1 unspecified atom stereocenters. The van der Waals surface area contributed by atoms with Crippen LogP contribution in [0.2, 0.25) is 0 Å². The van der Waals surface area contributed by atoms with E-state index in [1.165, 1.54) is 0 Å². The molecule has 0 saturated heterocycles. The zero-order valence-corrected chi connectivity index (χ0v) is 17.9. The number of pyridine rings is 1. The van der Waals surface area contributed by atoms with Crippen molar-refractivity contribution in [2.24, 2.45) is 0 Å². The van der Waals surface area contributed by atoms with Crippen LogP contribution in [0.3, 0.4) is 0 Å². The predicted molar refractivity (Wildman–Crippen MR) is 124 cm³/mol. The largest absolute Gasteiger partial charge is 0.497 e. The number of aromatic nitrogens is 1. The van der Waals surface area contributed by atoms with Crippen molar-refractivity contribution in [3.8, 4) is 17.0 Å². The van der Waals surface area contributed by atoms with E-state index in [0.29, 0.717) is 34.1 Å². The van der Waals surface area contributed by atoms with Crippen LogP contribution >= 0.6 is 0 Å². The number of ketones is 1. The average molecular weight is 425 g/mol. The molecule has 0 fully saturated rings. The summed E-state index contributed by atoms with van der Waals surface area (Å²) in [4.78, 5) is 30.8. The van der Waals surface area contributed by atoms with Crippen LogP contribution in [-0.2, 0) is 4.74 Å². The Hall–Kier alpha value is -3.99. The van der Waals surface area contributed by atoms with Crippen LogP contribution in [0.5, 0.6) is 5.75 Å². The summed E-state index contributed by atoms with van der Waals surface area (Å²) in [5.74, 6) is -0.0240. The van der Waals surface area contributed by atoms with Crippen molar-refractivity contribution in [1.29, 1.82) is 0 Å². The number of rotatable bonds is 7. The maximum Gasteiger partial charge on any atom is 0.339 e. The van der Waals surface area contributed by atoms with Crippen LogP contribution in [-0.4, -0.2) is 30.0 Å². The maximum atomic E-state index is 13.2. The van der Waals surface area contributed by atoms with E-state index in [9.17, 15) is 9.59 Å². The molecule has 4 aromatic rings. The number of nitrogens with zero attached hydrogens (tertiary/aromatic N) is 1. The molecular weight excluding hydrogens is 402 g/mol. The molecule has 0 spiro atoms. The second kappa shape index (κ2) is 9.43. The first-order valence-electron chi connectivity index (χ1n) is 10.4. The van der Waals surface area contributed by atoms with Gasteiger partial charge in [0, 0.05) is 16.5 Å². The van der Waals surface area contributed by atoms with Crippen molar-refractivity contribution in [2.75, 3.05) is 7.11 Å². The van der Waals surface area contributed by atoms with Crippen molar-refractivity contribution < 1.29 is 19.1 Å². The Labute approximate surface area is 186 Å². The van der Waals surface area contributed by atoms with E-state index in [1.54, 1.807) is 37.4 Å². The van der Waals surface area contributed by atoms with E-state index in [-0.39, 0.29) is 5.78 Å². The van der Waals surface area contributed by atoms with Gasteiger partial charge >= 0.3 is 5.97 Å². The highest BCUT2D eigenvalue weighted by atomic mass is 16.5. The average Bonchev–Trinajstić information content (AvgIpc) is 2.86. The highest BCUT2D eigenvalue weighted by molar-refractivity contribution is 6.06. The second-order valence-corrected chi connectivity index (χ2v) is 7.33. The first-order chi connectivity index (χ1) is 15.6. The first kappa shape index (κ1) is 21.2. The zero-order valence-electron chi connectivity index (χ0n) is 17.9. The number of Topliss-reactive ketones (excluding diaryl/α,β-unsaturated/α-hetero) is 1. The molecule has 160 valence electrons. The Balaban J connectivity index is 1.70. The Morgan fingerprint density at radius 3 is 2.28 bits per heavy atom. The number of para-hydroxylation sites is 1. The topological polar surface area (TPSA) is 65.5 Å². The summed E-state index contributed by atoms with van der Waals surface area (Å²) < 4.78 is 10.9. The number of hydrogen-bond donors (Lipinski definition) is 0. The molecule has 4 rings (SSSR count). The molecule has 0 aliphatic rings. The summed E-state index contributed by atoms with van der Waals surface area (Å²) in [6.07, 6.45) is -0.477. The molecule has 1 aromatic heterocycles. The maximum absolute atomic E-state index is 13.2. The van der Waals surface area contributed by atoms with E-state index in [0.717, 1.165) is 11.3 Å². The lowest BCUT2D eigenvalue weighted by Gasteiger charge is -2.16. The number of hydrogen-bond acceptors (Lipinski definition) is 5. The number of ether oxygens (including phenoxy) is 2. The van der Waals surface area contributed by atoms with E-state index < -0.39 is 12.1 Å². The lowest BCUT2D eigenvalue weighted by Crippen LogP contribution is -2.27. The number of fused-ring (bicyclic) bond motifs is 1. The van der Waals surface area contributed by atoms with Gasteiger partial charge in [0.15, 0.2) is 6.10 Å². The fraction of sp³-hybridized carbons (Fsp3) is 0.148. The minimum atomic E-state index is -0.860. The minimum Gasteiger partial charge on any atom is -0.497 e. The Kier molecular flexibility index (Phi) is 6.26. The summed E-state index contributed by atoms with van der Waals surface area (Å²) in [6.45, 7) is 1.83. The third-order valence-corrected chi connectivity index (χ3v) is 5.29.